The van der Waals surface area contributed by atoms with Crippen LogP contribution < -0.4 is 15.8 Å². The van der Waals surface area contributed by atoms with Crippen molar-refractivity contribution in [3.8, 4) is 6.01 Å². The maximum atomic E-state index is 13.5. The van der Waals surface area contributed by atoms with Crippen LogP contribution in [-0.4, -0.2) is 59.2 Å². The van der Waals surface area contributed by atoms with E-state index in [-0.39, 0.29) is 30.1 Å². The number of anilines is 2. The topological polar surface area (TPSA) is 106 Å². The molecule has 166 valence electrons. The highest BCUT2D eigenvalue weighted by Gasteiger charge is 2.39. The molecule has 4 rings (SSSR count). The molecular weight excluding hydrogens is 396 g/mol. The van der Waals surface area contributed by atoms with Crippen molar-refractivity contribution in [3.05, 3.63) is 41.1 Å². The molecule has 2 bridgehead atoms. The number of aromatic nitrogens is 2. The van der Waals surface area contributed by atoms with Crippen molar-refractivity contribution >= 4 is 17.5 Å². The molecule has 2 atom stereocenters. The van der Waals surface area contributed by atoms with Crippen LogP contribution in [-0.2, 0) is 4.74 Å². The zero-order chi connectivity index (χ0) is 22.0. The fraction of sp³-hybridized carbons (Fsp3) is 0.500. The number of nitrogen functional groups attached to an aromatic ring is 1. The summed E-state index contributed by atoms with van der Waals surface area (Å²) in [6, 6.07) is 8.29. The van der Waals surface area contributed by atoms with Crippen molar-refractivity contribution < 1.29 is 14.3 Å². The molecule has 3 N–H and O–H groups in total. The lowest BCUT2D eigenvalue weighted by atomic mass is 9.95. The summed E-state index contributed by atoms with van der Waals surface area (Å²) in [5, 5.41) is 2.97. The van der Waals surface area contributed by atoms with E-state index in [1.165, 1.54) is 0 Å². The van der Waals surface area contributed by atoms with Gasteiger partial charge in [0.05, 0.1) is 18.3 Å². The second-order valence-electron chi connectivity index (χ2n) is 7.99. The van der Waals surface area contributed by atoms with Crippen molar-refractivity contribution in [3.63, 3.8) is 0 Å². The third-order valence-corrected chi connectivity index (χ3v) is 5.94. The van der Waals surface area contributed by atoms with Crippen molar-refractivity contribution in [1.29, 1.82) is 0 Å². The zero-order valence-electron chi connectivity index (χ0n) is 18.3. The van der Waals surface area contributed by atoms with E-state index in [4.69, 9.17) is 15.2 Å². The van der Waals surface area contributed by atoms with Gasteiger partial charge in [-0.05, 0) is 37.8 Å². The van der Waals surface area contributed by atoms with Crippen molar-refractivity contribution in [2.24, 2.45) is 0 Å². The first kappa shape index (κ1) is 21.3. The first-order chi connectivity index (χ1) is 15.0. The number of nitrogens with zero attached hydrogens (tertiary/aromatic N) is 4. The summed E-state index contributed by atoms with van der Waals surface area (Å²) < 4.78 is 10.4. The standard InChI is InChI=1S/C22H30N6O3/c1-14-18(19(23)26-21(24-14)31-12-11-30-3)25-22(29)28-15(2)16-7-6-8-17(13-16)20(28)27-9-4-5-10-27/h6-8,13,15,20H,4-5,9-12H2,1-3H3,(H,25,29)(H2,23,24,26). The van der Waals surface area contributed by atoms with Gasteiger partial charge in [0, 0.05) is 20.2 Å². The number of nitrogens with two attached hydrogens (primary N) is 1. The van der Waals surface area contributed by atoms with Gasteiger partial charge in [-0.25, -0.2) is 4.79 Å². The molecule has 31 heavy (non-hydrogen) atoms. The molecule has 0 spiro atoms. The van der Waals surface area contributed by atoms with Crippen LogP contribution in [0.5, 0.6) is 6.01 Å². The van der Waals surface area contributed by atoms with Crippen LogP contribution in [0.2, 0.25) is 0 Å². The quantitative estimate of drug-likeness (QED) is 0.684. The third kappa shape index (κ3) is 4.28. The van der Waals surface area contributed by atoms with Crippen LogP contribution in [0.15, 0.2) is 24.3 Å². The minimum atomic E-state index is -0.220. The van der Waals surface area contributed by atoms with E-state index in [0.29, 0.717) is 24.6 Å². The van der Waals surface area contributed by atoms with Gasteiger partial charge in [-0.1, -0.05) is 24.3 Å². The number of rotatable bonds is 6. The van der Waals surface area contributed by atoms with Gasteiger partial charge in [0.1, 0.15) is 18.5 Å². The van der Waals surface area contributed by atoms with E-state index in [1.807, 2.05) is 4.90 Å². The first-order valence-electron chi connectivity index (χ1n) is 10.7. The zero-order valence-corrected chi connectivity index (χ0v) is 18.3. The number of carbonyl (C=O) groups is 1. The van der Waals surface area contributed by atoms with Gasteiger partial charge in [0.2, 0.25) is 0 Å². The summed E-state index contributed by atoms with van der Waals surface area (Å²) in [6.45, 7) is 6.52. The highest BCUT2D eigenvalue weighted by Crippen LogP contribution is 2.40. The molecule has 2 aromatic rings. The Bertz CT molecular complexity index is 924. The molecule has 0 aliphatic carbocycles. The van der Waals surface area contributed by atoms with E-state index < -0.39 is 0 Å². The SMILES string of the molecule is COCCOc1nc(C)c(NC(=O)N2C(C)c3cccc(c3)C2N2CCCC2)c(N)n1. The molecule has 1 aromatic carbocycles. The molecule has 9 nitrogen and oxygen atoms in total. The maximum absolute atomic E-state index is 13.5. The van der Waals surface area contributed by atoms with Crippen molar-refractivity contribution in [1.82, 2.24) is 19.8 Å². The predicted octanol–water partition coefficient (Wildman–Crippen LogP) is 3.10. The minimum absolute atomic E-state index is 0.0709. The summed E-state index contributed by atoms with van der Waals surface area (Å²) in [4.78, 5) is 26.3. The second-order valence-corrected chi connectivity index (χ2v) is 7.99. The Kier molecular flexibility index (Phi) is 6.24. The van der Waals surface area contributed by atoms with E-state index in [0.717, 1.165) is 37.1 Å². The van der Waals surface area contributed by atoms with Gasteiger partial charge >= 0.3 is 12.0 Å². The fourth-order valence-corrected chi connectivity index (χ4v) is 4.35. The molecule has 2 amide bonds. The number of aryl methyl sites for hydroxylation is 1. The Labute approximate surface area is 182 Å². The molecule has 2 aliphatic rings. The number of methoxy groups -OCH3 is 1. The Hall–Kier alpha value is -2.91. The number of fused-ring (bicyclic) bond motifs is 2. The van der Waals surface area contributed by atoms with Crippen LogP contribution in [0.4, 0.5) is 16.3 Å². The van der Waals surface area contributed by atoms with Crippen LogP contribution in [0.1, 0.15) is 48.8 Å². The molecule has 3 heterocycles. The number of urea groups is 1. The Morgan fingerprint density at radius 3 is 2.68 bits per heavy atom. The Morgan fingerprint density at radius 2 is 1.97 bits per heavy atom. The van der Waals surface area contributed by atoms with Crippen molar-refractivity contribution in [2.45, 2.75) is 38.9 Å². The van der Waals surface area contributed by atoms with E-state index in [2.05, 4.69) is 51.4 Å². The van der Waals surface area contributed by atoms with Gasteiger partial charge in [0.15, 0.2) is 5.82 Å². The van der Waals surface area contributed by atoms with E-state index in [1.54, 1.807) is 14.0 Å². The number of amides is 2. The molecule has 9 heteroatoms. The molecule has 2 unspecified atom stereocenters. The number of benzene rings is 1. The first-order valence-corrected chi connectivity index (χ1v) is 10.7. The lowest BCUT2D eigenvalue weighted by Gasteiger charge is -2.44. The summed E-state index contributed by atoms with van der Waals surface area (Å²) in [7, 11) is 1.59. The van der Waals surface area contributed by atoms with E-state index >= 15 is 0 Å². The molecule has 1 aromatic heterocycles. The highest BCUT2D eigenvalue weighted by atomic mass is 16.5. The smallest absolute Gasteiger partial charge is 0.324 e. The van der Waals surface area contributed by atoms with Gasteiger partial charge in [-0.3, -0.25) is 9.80 Å². The fourth-order valence-electron chi connectivity index (χ4n) is 4.35. The van der Waals surface area contributed by atoms with Gasteiger partial charge in [-0.2, -0.15) is 9.97 Å². The largest absolute Gasteiger partial charge is 0.461 e. The molecular formula is C22H30N6O3. The minimum Gasteiger partial charge on any atom is -0.461 e. The van der Waals surface area contributed by atoms with Gasteiger partial charge in [-0.15, -0.1) is 0 Å². The number of hydrogen-bond donors (Lipinski definition) is 2. The average Bonchev–Trinajstić information content (AvgIpc) is 3.28. The van der Waals surface area contributed by atoms with Crippen LogP contribution in [0.3, 0.4) is 0 Å². The number of likely N-dealkylation sites (tertiary alicyclic amines) is 1. The highest BCUT2D eigenvalue weighted by molar-refractivity contribution is 5.93. The summed E-state index contributed by atoms with van der Waals surface area (Å²) in [5.41, 5.74) is 9.36. The molecule has 1 saturated heterocycles. The third-order valence-electron chi connectivity index (χ3n) is 5.94. The molecule has 1 fully saturated rings. The second kappa shape index (κ2) is 9.07. The normalized spacial score (nSPS) is 20.7. The summed E-state index contributed by atoms with van der Waals surface area (Å²) >= 11 is 0. The molecule has 0 saturated carbocycles. The predicted molar refractivity (Wildman–Crippen MR) is 118 cm³/mol. The number of hydrogen-bond acceptors (Lipinski definition) is 7. The van der Waals surface area contributed by atoms with Gasteiger partial charge < -0.3 is 20.5 Å². The molecule has 2 aliphatic heterocycles. The Morgan fingerprint density at radius 1 is 1.23 bits per heavy atom. The van der Waals surface area contributed by atoms with Gasteiger partial charge in [0.25, 0.3) is 0 Å². The van der Waals surface area contributed by atoms with Crippen molar-refractivity contribution in [2.75, 3.05) is 44.5 Å². The maximum Gasteiger partial charge on any atom is 0.324 e. The number of carbonyl (C=O) groups excluding carboxylic acids is 1. The summed E-state index contributed by atoms with van der Waals surface area (Å²) in [6.07, 6.45) is 2.18. The summed E-state index contributed by atoms with van der Waals surface area (Å²) in [5.74, 6) is 0.175. The molecule has 0 radical (unpaired) electrons. The van der Waals surface area contributed by atoms with E-state index in [9.17, 15) is 4.79 Å². The Balaban J connectivity index is 1.58. The van der Waals surface area contributed by atoms with Crippen LogP contribution in [0, 0.1) is 6.92 Å². The number of ether oxygens (including phenoxy) is 2. The lowest BCUT2D eigenvalue weighted by Crippen LogP contribution is -2.48. The van der Waals surface area contributed by atoms with Crippen LogP contribution in [0.25, 0.3) is 0 Å². The lowest BCUT2D eigenvalue weighted by molar-refractivity contribution is 0.0574. The average molecular weight is 427 g/mol. The monoisotopic (exact) mass is 426 g/mol. The van der Waals surface area contributed by atoms with Crippen LogP contribution >= 0.6 is 0 Å². The number of nitrogens with one attached hydrogen (secondary N) is 1.